The Bertz CT molecular complexity index is 800. The van der Waals surface area contributed by atoms with Crippen LogP contribution in [0.1, 0.15) is 272 Å². The predicted molar refractivity (Wildman–Crippen MR) is 234 cm³/mol. The molecule has 0 saturated carbocycles. The predicted octanol–water partition coefficient (Wildman–Crippen LogP) is 17.0. The molecule has 0 bridgehead atoms. The van der Waals surface area contributed by atoms with Gasteiger partial charge in [-0.15, -0.1) is 0 Å². The van der Waals surface area contributed by atoms with Crippen LogP contribution in [-0.2, 0) is 14.3 Å². The maximum atomic E-state index is 12.0. The van der Waals surface area contributed by atoms with Crippen LogP contribution in [-0.4, -0.2) is 23.7 Å². The zero-order chi connectivity index (χ0) is 39.3. The lowest BCUT2D eigenvalue weighted by Gasteiger charge is -2.07. The first-order valence-corrected chi connectivity index (χ1v) is 23.7. The third-order valence-corrected chi connectivity index (χ3v) is 10.7. The first-order valence-electron chi connectivity index (χ1n) is 23.7. The van der Waals surface area contributed by atoms with E-state index in [2.05, 4.69) is 27.4 Å². The van der Waals surface area contributed by atoms with Gasteiger partial charge in [0.05, 0.1) is 6.61 Å². The number of carbonyl (C=O) groups is 2. The molecule has 0 spiro atoms. The molecule has 0 amide bonds. The number of rotatable bonds is 41. The summed E-state index contributed by atoms with van der Waals surface area (Å²) in [6, 6.07) is 0. The van der Waals surface area contributed by atoms with E-state index in [-0.39, 0.29) is 5.97 Å². The molecule has 0 radical (unpaired) electrons. The van der Waals surface area contributed by atoms with Crippen molar-refractivity contribution in [1.29, 1.82) is 0 Å². The monoisotopic (exact) mass is 747 g/mol. The average molecular weight is 747 g/mol. The minimum Gasteiger partial charge on any atom is -0.478 e. The van der Waals surface area contributed by atoms with Gasteiger partial charge < -0.3 is 9.84 Å². The van der Waals surface area contributed by atoms with Crippen molar-refractivity contribution in [3.63, 3.8) is 0 Å². The normalized spacial score (nSPS) is 11.4. The summed E-state index contributed by atoms with van der Waals surface area (Å²) in [5, 5.41) is 8.75. The molecule has 0 unspecified atom stereocenters. The quantitative estimate of drug-likeness (QED) is 0.0384. The van der Waals surface area contributed by atoms with Crippen LogP contribution >= 0.6 is 0 Å². The zero-order valence-corrected chi connectivity index (χ0v) is 36.5. The van der Waals surface area contributed by atoms with E-state index in [4.69, 9.17) is 9.84 Å². The van der Waals surface area contributed by atoms with Crippen molar-refractivity contribution in [2.24, 2.45) is 0 Å². The topological polar surface area (TPSA) is 63.6 Å². The molecule has 1 N–H and O–H groups in total. The molecule has 0 aliphatic rings. The second-order valence-corrected chi connectivity index (χ2v) is 16.1. The Labute approximate surface area is 332 Å². The number of esters is 1. The summed E-state index contributed by atoms with van der Waals surface area (Å²) >= 11 is 0. The van der Waals surface area contributed by atoms with E-state index in [1.807, 2.05) is 6.08 Å². The first-order chi connectivity index (χ1) is 25.9. The SMILES string of the molecule is C=C(CCCCCCCCCCCC)C(=O)OCCCCCCCCCCCC.CCCCCCCCCCCCCCCCCCC=C(C)C(=O)O. The van der Waals surface area contributed by atoms with Crippen molar-refractivity contribution < 1.29 is 19.4 Å². The van der Waals surface area contributed by atoms with Gasteiger partial charge in [-0.05, 0) is 39.0 Å². The van der Waals surface area contributed by atoms with Crippen molar-refractivity contribution in [3.8, 4) is 0 Å². The molecular formula is C49H94O4. The third-order valence-electron chi connectivity index (χ3n) is 10.7. The molecule has 0 aliphatic heterocycles. The molecule has 314 valence electrons. The summed E-state index contributed by atoms with van der Waals surface area (Å²) < 4.78 is 5.38. The van der Waals surface area contributed by atoms with Crippen LogP contribution in [0.4, 0.5) is 0 Å². The van der Waals surface area contributed by atoms with Gasteiger partial charge in [-0.1, -0.05) is 245 Å². The standard InChI is InChI=1S/C27H52O2.C22H42O2/c1-4-6-8-10-12-14-16-18-20-22-24-26(3)27(28)29-25-23-21-19-17-15-13-11-9-7-5-2;1-3-4-5-6-7-8-9-10-11-12-13-14-15-16-17-18-19-20-21(2)22(23)24/h3-25H2,1-2H3;20H,3-19H2,1-2H3,(H,23,24). The summed E-state index contributed by atoms with van der Waals surface area (Å²) in [7, 11) is 0. The number of aliphatic carboxylic acids is 1. The number of hydrogen-bond donors (Lipinski definition) is 1. The van der Waals surface area contributed by atoms with Crippen LogP contribution in [0.3, 0.4) is 0 Å². The molecule has 0 aromatic rings. The smallest absolute Gasteiger partial charge is 0.333 e. The Kier molecular flexibility index (Phi) is 47.0. The molecular weight excluding hydrogens is 653 g/mol. The molecule has 0 saturated heterocycles. The summed E-state index contributed by atoms with van der Waals surface area (Å²) in [6.07, 6.45) is 51.8. The van der Waals surface area contributed by atoms with Gasteiger partial charge in [-0.3, -0.25) is 0 Å². The van der Waals surface area contributed by atoms with E-state index in [0.29, 0.717) is 17.8 Å². The van der Waals surface area contributed by atoms with Crippen LogP contribution in [0.2, 0.25) is 0 Å². The Morgan fingerprint density at radius 1 is 0.453 bits per heavy atom. The number of carbonyl (C=O) groups excluding carboxylic acids is 1. The average Bonchev–Trinajstić information content (AvgIpc) is 3.15. The molecule has 0 aromatic heterocycles. The lowest BCUT2D eigenvalue weighted by molar-refractivity contribution is -0.139. The molecule has 0 heterocycles. The highest BCUT2D eigenvalue weighted by Gasteiger charge is 2.08. The van der Waals surface area contributed by atoms with Crippen molar-refractivity contribution in [2.75, 3.05) is 6.61 Å². The molecule has 0 atom stereocenters. The van der Waals surface area contributed by atoms with Crippen LogP contribution < -0.4 is 0 Å². The number of ether oxygens (including phenoxy) is 1. The lowest BCUT2D eigenvalue weighted by atomic mass is 10.0. The van der Waals surface area contributed by atoms with Gasteiger partial charge in [0.1, 0.15) is 0 Å². The van der Waals surface area contributed by atoms with Gasteiger partial charge in [0, 0.05) is 11.1 Å². The van der Waals surface area contributed by atoms with Crippen LogP contribution in [0.5, 0.6) is 0 Å². The molecule has 4 heteroatoms. The molecule has 0 aromatic carbocycles. The first kappa shape index (κ1) is 53.5. The van der Waals surface area contributed by atoms with E-state index in [0.717, 1.165) is 32.1 Å². The molecule has 0 aliphatic carbocycles. The number of unbranched alkanes of at least 4 members (excludes halogenated alkanes) is 34. The summed E-state index contributed by atoms with van der Waals surface area (Å²) in [4.78, 5) is 22.6. The fraction of sp³-hybridized carbons (Fsp3) is 0.878. The summed E-state index contributed by atoms with van der Waals surface area (Å²) in [6.45, 7) is 13.0. The van der Waals surface area contributed by atoms with Crippen molar-refractivity contribution >= 4 is 11.9 Å². The number of hydrogen-bond acceptors (Lipinski definition) is 3. The zero-order valence-electron chi connectivity index (χ0n) is 36.5. The Balaban J connectivity index is 0. The second-order valence-electron chi connectivity index (χ2n) is 16.1. The maximum Gasteiger partial charge on any atom is 0.333 e. The maximum absolute atomic E-state index is 12.0. The van der Waals surface area contributed by atoms with Crippen molar-refractivity contribution in [1.82, 2.24) is 0 Å². The summed E-state index contributed by atoms with van der Waals surface area (Å²) in [5.74, 6) is -0.955. The highest BCUT2D eigenvalue weighted by molar-refractivity contribution is 5.87. The van der Waals surface area contributed by atoms with E-state index in [1.54, 1.807) is 6.92 Å². The fourth-order valence-corrected chi connectivity index (χ4v) is 6.88. The lowest BCUT2D eigenvalue weighted by Crippen LogP contribution is -2.08. The minimum absolute atomic E-state index is 0.170. The molecule has 4 nitrogen and oxygen atoms in total. The van der Waals surface area contributed by atoms with E-state index in [9.17, 15) is 9.59 Å². The Morgan fingerprint density at radius 2 is 0.736 bits per heavy atom. The van der Waals surface area contributed by atoms with Gasteiger partial charge in [-0.25, -0.2) is 9.59 Å². The molecule has 53 heavy (non-hydrogen) atoms. The van der Waals surface area contributed by atoms with Gasteiger partial charge in [0.25, 0.3) is 0 Å². The Morgan fingerprint density at radius 3 is 1.06 bits per heavy atom. The highest BCUT2D eigenvalue weighted by atomic mass is 16.5. The second kappa shape index (κ2) is 46.6. The van der Waals surface area contributed by atoms with Crippen molar-refractivity contribution in [2.45, 2.75) is 272 Å². The largest absolute Gasteiger partial charge is 0.478 e. The van der Waals surface area contributed by atoms with Gasteiger partial charge in [0.15, 0.2) is 0 Å². The molecule has 0 rings (SSSR count). The van der Waals surface area contributed by atoms with Gasteiger partial charge in [0.2, 0.25) is 0 Å². The minimum atomic E-state index is -0.786. The third kappa shape index (κ3) is 46.5. The van der Waals surface area contributed by atoms with E-state index < -0.39 is 5.97 Å². The van der Waals surface area contributed by atoms with E-state index >= 15 is 0 Å². The number of carboxylic acid groups (broad SMARTS) is 1. The number of carboxylic acids is 1. The fourth-order valence-electron chi connectivity index (χ4n) is 6.88. The van der Waals surface area contributed by atoms with Gasteiger partial charge in [-0.2, -0.15) is 0 Å². The highest BCUT2D eigenvalue weighted by Crippen LogP contribution is 2.16. The number of allylic oxidation sites excluding steroid dienone is 1. The van der Waals surface area contributed by atoms with Crippen molar-refractivity contribution in [3.05, 3.63) is 23.8 Å². The van der Waals surface area contributed by atoms with Crippen LogP contribution in [0.15, 0.2) is 23.8 Å². The molecule has 0 fully saturated rings. The van der Waals surface area contributed by atoms with E-state index in [1.165, 1.54) is 212 Å². The Hall–Kier alpha value is -1.58. The van der Waals surface area contributed by atoms with Crippen LogP contribution in [0.25, 0.3) is 0 Å². The van der Waals surface area contributed by atoms with Crippen LogP contribution in [0, 0.1) is 0 Å². The summed E-state index contributed by atoms with van der Waals surface area (Å²) in [5.41, 5.74) is 1.15. The van der Waals surface area contributed by atoms with Gasteiger partial charge >= 0.3 is 11.9 Å².